The maximum atomic E-state index is 12.8. The lowest BCUT2D eigenvalue weighted by atomic mass is 9.87. The van der Waals surface area contributed by atoms with Gasteiger partial charge in [-0.25, -0.2) is 8.42 Å². The first-order chi connectivity index (χ1) is 12.1. The Hall–Kier alpha value is -1.93. The molecule has 1 aliphatic heterocycles. The molecule has 26 heavy (non-hydrogen) atoms. The Labute approximate surface area is 154 Å². The van der Waals surface area contributed by atoms with Gasteiger partial charge in [0.05, 0.1) is 10.8 Å². The average Bonchev–Trinajstić information content (AvgIpc) is 2.59. The molecule has 1 heterocycles. The van der Waals surface area contributed by atoms with Crippen LogP contribution < -0.4 is 0 Å². The Bertz CT molecular complexity index is 791. The van der Waals surface area contributed by atoms with Crippen molar-refractivity contribution in [1.29, 1.82) is 0 Å². The fourth-order valence-corrected chi connectivity index (χ4v) is 4.53. The highest BCUT2D eigenvalue weighted by molar-refractivity contribution is 7.89. The zero-order valence-electron chi connectivity index (χ0n) is 15.5. The quantitative estimate of drug-likeness (QED) is 0.839. The molecule has 0 saturated carbocycles. The summed E-state index contributed by atoms with van der Waals surface area (Å²) >= 11 is 0. The van der Waals surface area contributed by atoms with E-state index in [1.807, 2.05) is 6.92 Å². The summed E-state index contributed by atoms with van der Waals surface area (Å²) in [5.41, 5.74) is 0.296. The lowest BCUT2D eigenvalue weighted by molar-refractivity contribution is -0.145. The molecule has 0 aromatic heterocycles. The molecule has 2 atom stereocenters. The number of benzene rings is 1. The maximum absolute atomic E-state index is 12.8. The Morgan fingerprint density at radius 2 is 1.96 bits per heavy atom. The van der Waals surface area contributed by atoms with Gasteiger partial charge in [0.2, 0.25) is 10.0 Å². The van der Waals surface area contributed by atoms with Gasteiger partial charge in [-0.05, 0) is 44.4 Å². The van der Waals surface area contributed by atoms with Crippen LogP contribution in [0.5, 0.6) is 0 Å². The second-order valence-electron chi connectivity index (χ2n) is 7.10. The maximum Gasteiger partial charge on any atom is 0.306 e. The first kappa shape index (κ1) is 20.4. The van der Waals surface area contributed by atoms with Gasteiger partial charge in [0, 0.05) is 31.7 Å². The van der Waals surface area contributed by atoms with Gasteiger partial charge >= 0.3 is 5.97 Å². The van der Waals surface area contributed by atoms with Gasteiger partial charge in [0.1, 0.15) is 0 Å². The van der Waals surface area contributed by atoms with Crippen molar-refractivity contribution in [3.8, 4) is 0 Å². The normalized spacial score (nSPS) is 21.2. The molecule has 0 spiro atoms. The Kier molecular flexibility index (Phi) is 6.08. The zero-order valence-corrected chi connectivity index (χ0v) is 16.4. The minimum atomic E-state index is -3.67. The second kappa shape index (κ2) is 7.75. The van der Waals surface area contributed by atoms with E-state index in [-0.39, 0.29) is 22.8 Å². The number of aliphatic carboxylic acids is 1. The lowest BCUT2D eigenvalue weighted by Gasteiger charge is -2.35. The van der Waals surface area contributed by atoms with Crippen LogP contribution in [0.1, 0.15) is 37.6 Å². The van der Waals surface area contributed by atoms with Crippen LogP contribution in [0.4, 0.5) is 0 Å². The van der Waals surface area contributed by atoms with E-state index in [2.05, 4.69) is 0 Å². The first-order valence-corrected chi connectivity index (χ1v) is 10.1. The Morgan fingerprint density at radius 1 is 1.31 bits per heavy atom. The summed E-state index contributed by atoms with van der Waals surface area (Å²) in [6.45, 7) is 6.07. The van der Waals surface area contributed by atoms with Crippen LogP contribution in [-0.4, -0.2) is 60.8 Å². The highest BCUT2D eigenvalue weighted by Gasteiger charge is 2.33. The molecule has 7 nitrogen and oxygen atoms in total. The molecule has 8 heteroatoms. The molecule has 1 N–H and O–H groups in total. The number of carbonyl (C=O) groups excluding carboxylic acids is 1. The standard InChI is InChI=1S/C18H26N2O5S/c1-12(2)19(4)26(24,25)15-7-5-6-14(10-15)17(21)20-9-8-16(18(22)23)13(3)11-20/h5-7,10,12-13,16H,8-9,11H2,1-4H3,(H,22,23). The Balaban J connectivity index is 2.23. The molecule has 0 aliphatic carbocycles. The molecule has 1 amide bonds. The van der Waals surface area contributed by atoms with Crippen LogP contribution in [0.15, 0.2) is 29.2 Å². The predicted octanol–water partition coefficient (Wildman–Crippen LogP) is 1.90. The number of nitrogens with zero attached hydrogens (tertiary/aromatic N) is 2. The number of hydrogen-bond acceptors (Lipinski definition) is 4. The Morgan fingerprint density at radius 3 is 2.50 bits per heavy atom. The highest BCUT2D eigenvalue weighted by Crippen LogP contribution is 2.25. The van der Waals surface area contributed by atoms with E-state index in [0.717, 1.165) is 0 Å². The van der Waals surface area contributed by atoms with Crippen LogP contribution in [0.25, 0.3) is 0 Å². The van der Waals surface area contributed by atoms with E-state index in [4.69, 9.17) is 0 Å². The van der Waals surface area contributed by atoms with Crippen molar-refractivity contribution in [1.82, 2.24) is 9.21 Å². The molecule has 0 radical (unpaired) electrons. The van der Waals surface area contributed by atoms with Crippen molar-refractivity contribution in [2.75, 3.05) is 20.1 Å². The SMILES string of the molecule is CC1CN(C(=O)c2cccc(S(=O)(=O)N(C)C(C)C)c2)CCC1C(=O)O. The third-order valence-corrected chi connectivity index (χ3v) is 7.02. The van der Waals surface area contributed by atoms with Crippen LogP contribution >= 0.6 is 0 Å². The molecule has 144 valence electrons. The van der Waals surface area contributed by atoms with Gasteiger partial charge in [-0.15, -0.1) is 0 Å². The van der Waals surface area contributed by atoms with E-state index in [1.165, 1.54) is 23.5 Å². The fourth-order valence-electron chi connectivity index (χ4n) is 3.11. The number of carboxylic acid groups (broad SMARTS) is 1. The van der Waals surface area contributed by atoms with E-state index in [1.54, 1.807) is 30.9 Å². The first-order valence-electron chi connectivity index (χ1n) is 8.66. The smallest absolute Gasteiger partial charge is 0.306 e. The number of piperidine rings is 1. The number of likely N-dealkylation sites (tertiary alicyclic amines) is 1. The summed E-state index contributed by atoms with van der Waals surface area (Å²) in [4.78, 5) is 25.7. The largest absolute Gasteiger partial charge is 0.481 e. The monoisotopic (exact) mass is 382 g/mol. The number of amides is 1. The molecule has 1 aromatic rings. The molecule has 1 aromatic carbocycles. The molecule has 1 saturated heterocycles. The summed E-state index contributed by atoms with van der Waals surface area (Å²) in [7, 11) is -2.16. The average molecular weight is 382 g/mol. The molecular weight excluding hydrogens is 356 g/mol. The van der Waals surface area contributed by atoms with Crippen molar-refractivity contribution in [2.24, 2.45) is 11.8 Å². The van der Waals surface area contributed by atoms with E-state index < -0.39 is 21.9 Å². The van der Waals surface area contributed by atoms with Gasteiger partial charge in [-0.2, -0.15) is 4.31 Å². The molecule has 2 rings (SSSR count). The molecule has 0 bridgehead atoms. The zero-order chi connectivity index (χ0) is 19.6. The third kappa shape index (κ3) is 4.07. The van der Waals surface area contributed by atoms with Gasteiger partial charge in [0.15, 0.2) is 0 Å². The molecule has 1 aliphatic rings. The van der Waals surface area contributed by atoms with Crippen LogP contribution in [0.2, 0.25) is 0 Å². The summed E-state index contributed by atoms with van der Waals surface area (Å²) in [5.74, 6) is -1.71. The minimum Gasteiger partial charge on any atom is -0.481 e. The molecule has 2 unspecified atom stereocenters. The van der Waals surface area contributed by atoms with Crippen molar-refractivity contribution in [2.45, 2.75) is 38.1 Å². The molecular formula is C18H26N2O5S. The van der Waals surface area contributed by atoms with E-state index in [9.17, 15) is 23.1 Å². The summed E-state index contributed by atoms with van der Waals surface area (Å²) in [6, 6.07) is 5.82. The van der Waals surface area contributed by atoms with Crippen LogP contribution in [0.3, 0.4) is 0 Å². The van der Waals surface area contributed by atoms with E-state index >= 15 is 0 Å². The van der Waals surface area contributed by atoms with Gasteiger partial charge in [-0.1, -0.05) is 13.0 Å². The third-order valence-electron chi connectivity index (χ3n) is 4.99. The number of rotatable bonds is 5. The predicted molar refractivity (Wildman–Crippen MR) is 97.3 cm³/mol. The van der Waals surface area contributed by atoms with Gasteiger partial charge in [0.25, 0.3) is 5.91 Å². The summed E-state index contributed by atoms with van der Waals surface area (Å²) in [6.07, 6.45) is 0.399. The van der Waals surface area contributed by atoms with Gasteiger partial charge in [-0.3, -0.25) is 9.59 Å². The lowest BCUT2D eigenvalue weighted by Crippen LogP contribution is -2.45. The van der Waals surface area contributed by atoms with Crippen molar-refractivity contribution in [3.63, 3.8) is 0 Å². The highest BCUT2D eigenvalue weighted by atomic mass is 32.2. The van der Waals surface area contributed by atoms with E-state index in [0.29, 0.717) is 25.1 Å². The topological polar surface area (TPSA) is 95.0 Å². The molecule has 1 fully saturated rings. The van der Waals surface area contributed by atoms with Crippen molar-refractivity contribution >= 4 is 21.9 Å². The van der Waals surface area contributed by atoms with Crippen LogP contribution in [0, 0.1) is 11.8 Å². The fraction of sp³-hybridized carbons (Fsp3) is 0.556. The minimum absolute atomic E-state index is 0.0769. The van der Waals surface area contributed by atoms with Crippen molar-refractivity contribution < 1.29 is 23.1 Å². The van der Waals surface area contributed by atoms with Gasteiger partial charge < -0.3 is 10.0 Å². The van der Waals surface area contributed by atoms with Crippen molar-refractivity contribution in [3.05, 3.63) is 29.8 Å². The van der Waals surface area contributed by atoms with Crippen LogP contribution in [-0.2, 0) is 14.8 Å². The number of hydrogen-bond donors (Lipinski definition) is 1. The number of sulfonamides is 1. The summed E-state index contributed by atoms with van der Waals surface area (Å²) < 4.78 is 26.5. The second-order valence-corrected chi connectivity index (χ2v) is 9.10. The number of carbonyl (C=O) groups is 2. The number of carboxylic acids is 1. The summed E-state index contributed by atoms with van der Waals surface area (Å²) in [5, 5.41) is 9.20.